The largest absolute Gasteiger partial charge is 0.465 e. The monoisotopic (exact) mass is 337 g/mol. The third-order valence-electron chi connectivity index (χ3n) is 3.96. The Morgan fingerprint density at radius 2 is 1.80 bits per heavy atom. The average molecular weight is 337 g/mol. The minimum Gasteiger partial charge on any atom is -0.465 e. The normalized spacial score (nSPS) is 10.7. The van der Waals surface area contributed by atoms with Crippen LogP contribution in [0.5, 0.6) is 0 Å². The number of nitrogens with zero attached hydrogens (tertiary/aromatic N) is 2. The highest BCUT2D eigenvalue weighted by Crippen LogP contribution is 2.25. The molecule has 0 aliphatic heterocycles. The highest BCUT2D eigenvalue weighted by molar-refractivity contribution is 6.05. The first kappa shape index (κ1) is 16.7. The Morgan fingerprint density at radius 1 is 1.12 bits per heavy atom. The van der Waals surface area contributed by atoms with E-state index in [0.717, 1.165) is 22.2 Å². The van der Waals surface area contributed by atoms with Gasteiger partial charge in [0.15, 0.2) is 0 Å². The van der Waals surface area contributed by atoms with Gasteiger partial charge >= 0.3 is 5.97 Å². The number of hydrogen-bond donors (Lipinski definition) is 1. The molecule has 6 nitrogen and oxygen atoms in total. The summed E-state index contributed by atoms with van der Waals surface area (Å²) in [5.41, 5.74) is 2.51. The number of rotatable bonds is 4. The van der Waals surface area contributed by atoms with Crippen LogP contribution in [0.2, 0.25) is 0 Å². The molecule has 0 aliphatic carbocycles. The minimum absolute atomic E-state index is 0.0765. The number of anilines is 1. The van der Waals surface area contributed by atoms with Crippen molar-refractivity contribution in [1.82, 2.24) is 9.78 Å². The molecule has 0 atom stereocenters. The lowest BCUT2D eigenvalue weighted by Gasteiger charge is -2.12. The molecule has 0 aliphatic rings. The lowest BCUT2D eigenvalue weighted by Crippen LogP contribution is -2.21. The standard InChI is InChI=1S/C19H19N3O3/c1-12-8-13(2)22(21-12)11-18(23)20-17-10-15-7-5-4-6-14(15)9-16(17)19(24)25-3/h4-10H,11H2,1-3H3,(H,20,23). The van der Waals surface area contributed by atoms with Gasteiger partial charge in [0.25, 0.3) is 0 Å². The molecule has 0 spiro atoms. The Morgan fingerprint density at radius 3 is 2.40 bits per heavy atom. The van der Waals surface area contributed by atoms with Crippen LogP contribution in [0.1, 0.15) is 21.7 Å². The van der Waals surface area contributed by atoms with Crippen LogP contribution < -0.4 is 5.32 Å². The fourth-order valence-electron chi connectivity index (χ4n) is 2.78. The molecule has 0 radical (unpaired) electrons. The van der Waals surface area contributed by atoms with Gasteiger partial charge in [0, 0.05) is 5.69 Å². The summed E-state index contributed by atoms with van der Waals surface area (Å²) in [6.45, 7) is 3.84. The maximum Gasteiger partial charge on any atom is 0.339 e. The molecule has 0 unspecified atom stereocenters. The number of esters is 1. The van der Waals surface area contributed by atoms with Crippen molar-refractivity contribution in [1.29, 1.82) is 0 Å². The van der Waals surface area contributed by atoms with Crippen LogP contribution in [0.3, 0.4) is 0 Å². The van der Waals surface area contributed by atoms with Crippen molar-refractivity contribution in [2.45, 2.75) is 20.4 Å². The Bertz CT molecular complexity index is 960. The lowest BCUT2D eigenvalue weighted by molar-refractivity contribution is -0.116. The molecule has 25 heavy (non-hydrogen) atoms. The number of carbonyl (C=O) groups is 2. The molecule has 3 rings (SSSR count). The fraction of sp³-hybridized carbons (Fsp3) is 0.211. The second kappa shape index (κ2) is 6.76. The molecule has 1 heterocycles. The maximum atomic E-state index is 12.4. The van der Waals surface area contributed by atoms with Gasteiger partial charge in [-0.1, -0.05) is 24.3 Å². The van der Waals surface area contributed by atoms with Gasteiger partial charge in [-0.15, -0.1) is 0 Å². The summed E-state index contributed by atoms with van der Waals surface area (Å²) < 4.78 is 6.47. The number of hydrogen-bond acceptors (Lipinski definition) is 4. The van der Waals surface area contributed by atoms with E-state index in [1.54, 1.807) is 16.8 Å². The SMILES string of the molecule is COC(=O)c1cc2ccccc2cc1NC(=O)Cn1nc(C)cc1C. The number of ether oxygens (including phenoxy) is 1. The molecule has 6 heteroatoms. The van der Waals surface area contributed by atoms with E-state index in [4.69, 9.17) is 4.74 Å². The van der Waals surface area contributed by atoms with Gasteiger partial charge in [-0.2, -0.15) is 5.10 Å². The zero-order valence-electron chi connectivity index (χ0n) is 14.4. The van der Waals surface area contributed by atoms with Gasteiger partial charge in [-0.3, -0.25) is 9.48 Å². The number of aromatic nitrogens is 2. The summed E-state index contributed by atoms with van der Waals surface area (Å²) in [4.78, 5) is 24.5. The molecule has 1 N–H and O–H groups in total. The van der Waals surface area contributed by atoms with Crippen molar-refractivity contribution in [3.8, 4) is 0 Å². The van der Waals surface area contributed by atoms with Crippen molar-refractivity contribution in [2.24, 2.45) is 0 Å². The first-order valence-electron chi connectivity index (χ1n) is 7.90. The molecule has 0 bridgehead atoms. The van der Waals surface area contributed by atoms with Crippen molar-refractivity contribution in [3.05, 3.63) is 59.4 Å². The second-order valence-corrected chi connectivity index (χ2v) is 5.87. The first-order valence-corrected chi connectivity index (χ1v) is 7.90. The van der Waals surface area contributed by atoms with E-state index in [1.807, 2.05) is 44.2 Å². The van der Waals surface area contributed by atoms with Crippen molar-refractivity contribution in [3.63, 3.8) is 0 Å². The van der Waals surface area contributed by atoms with E-state index in [2.05, 4.69) is 10.4 Å². The molecule has 128 valence electrons. The Balaban J connectivity index is 1.92. The van der Waals surface area contributed by atoms with Crippen molar-refractivity contribution >= 4 is 28.3 Å². The molecule has 0 fully saturated rings. The number of benzene rings is 2. The number of amides is 1. The van der Waals surface area contributed by atoms with Gasteiger partial charge in [0.1, 0.15) is 6.54 Å². The molecule has 2 aromatic carbocycles. The molecule has 1 amide bonds. The lowest BCUT2D eigenvalue weighted by atomic mass is 10.0. The van der Waals surface area contributed by atoms with Gasteiger partial charge < -0.3 is 10.1 Å². The quantitative estimate of drug-likeness (QED) is 0.743. The minimum atomic E-state index is -0.493. The van der Waals surface area contributed by atoms with Gasteiger partial charge in [0.05, 0.1) is 24.1 Å². The van der Waals surface area contributed by atoms with Crippen LogP contribution >= 0.6 is 0 Å². The van der Waals surface area contributed by atoms with E-state index in [9.17, 15) is 9.59 Å². The average Bonchev–Trinajstić information content (AvgIpc) is 2.90. The fourth-order valence-corrected chi connectivity index (χ4v) is 2.78. The molecule has 1 aromatic heterocycles. The summed E-state index contributed by atoms with van der Waals surface area (Å²) in [5.74, 6) is -0.751. The topological polar surface area (TPSA) is 73.2 Å². The van der Waals surface area contributed by atoms with Gasteiger partial charge in [0.2, 0.25) is 5.91 Å². The molecular weight excluding hydrogens is 318 g/mol. The molecule has 0 saturated heterocycles. The Kier molecular flexibility index (Phi) is 4.52. The summed E-state index contributed by atoms with van der Waals surface area (Å²) in [7, 11) is 1.32. The molecular formula is C19H19N3O3. The predicted octanol–water partition coefficient (Wildman–Crippen LogP) is 3.08. The van der Waals surface area contributed by atoms with Crippen LogP contribution in [-0.2, 0) is 16.1 Å². The predicted molar refractivity (Wildman–Crippen MR) is 95.6 cm³/mol. The zero-order valence-corrected chi connectivity index (χ0v) is 14.4. The van der Waals surface area contributed by atoms with Gasteiger partial charge in [-0.25, -0.2) is 4.79 Å². The van der Waals surface area contributed by atoms with E-state index < -0.39 is 5.97 Å². The van der Waals surface area contributed by atoms with E-state index in [1.165, 1.54) is 7.11 Å². The number of fused-ring (bicyclic) bond motifs is 1. The van der Waals surface area contributed by atoms with E-state index >= 15 is 0 Å². The second-order valence-electron chi connectivity index (χ2n) is 5.87. The summed E-state index contributed by atoms with van der Waals surface area (Å²) >= 11 is 0. The highest BCUT2D eigenvalue weighted by atomic mass is 16.5. The molecule has 0 saturated carbocycles. The van der Waals surface area contributed by atoms with Crippen molar-refractivity contribution < 1.29 is 14.3 Å². The summed E-state index contributed by atoms with van der Waals surface area (Å²) in [6, 6.07) is 13.0. The zero-order chi connectivity index (χ0) is 18.0. The number of methoxy groups -OCH3 is 1. The number of carbonyl (C=O) groups excluding carboxylic acids is 2. The van der Waals surface area contributed by atoms with Crippen LogP contribution in [0.25, 0.3) is 10.8 Å². The Hall–Kier alpha value is -3.15. The molecule has 3 aromatic rings. The van der Waals surface area contributed by atoms with Crippen LogP contribution in [0.15, 0.2) is 42.5 Å². The van der Waals surface area contributed by atoms with Gasteiger partial charge in [-0.05, 0) is 42.8 Å². The number of aryl methyl sites for hydroxylation is 2. The summed E-state index contributed by atoms with van der Waals surface area (Å²) in [6.07, 6.45) is 0. The van der Waals surface area contributed by atoms with Crippen molar-refractivity contribution in [2.75, 3.05) is 12.4 Å². The number of nitrogens with one attached hydrogen (secondary N) is 1. The first-order chi connectivity index (χ1) is 12.0. The van der Waals surface area contributed by atoms with Crippen LogP contribution in [-0.4, -0.2) is 28.8 Å². The third-order valence-corrected chi connectivity index (χ3v) is 3.96. The smallest absolute Gasteiger partial charge is 0.339 e. The van der Waals surface area contributed by atoms with Crippen LogP contribution in [0.4, 0.5) is 5.69 Å². The summed E-state index contributed by atoms with van der Waals surface area (Å²) in [5, 5.41) is 8.91. The third kappa shape index (κ3) is 3.52. The highest BCUT2D eigenvalue weighted by Gasteiger charge is 2.16. The Labute approximate surface area is 145 Å². The maximum absolute atomic E-state index is 12.4. The van der Waals surface area contributed by atoms with E-state index in [-0.39, 0.29) is 12.5 Å². The van der Waals surface area contributed by atoms with E-state index in [0.29, 0.717) is 11.3 Å². The van der Waals surface area contributed by atoms with Crippen LogP contribution in [0, 0.1) is 13.8 Å².